The predicted molar refractivity (Wildman–Crippen MR) is 83.5 cm³/mol. The summed E-state index contributed by atoms with van der Waals surface area (Å²) in [5.74, 6) is 0.372. The summed E-state index contributed by atoms with van der Waals surface area (Å²) in [6.45, 7) is 7.02. The quantitative estimate of drug-likeness (QED) is 0.908. The summed E-state index contributed by atoms with van der Waals surface area (Å²) in [4.78, 5) is 0. The fraction of sp³-hybridized carbons (Fsp3) is 0.625. The highest BCUT2D eigenvalue weighted by atomic mass is 32.2. The number of hydrogen-bond acceptors (Lipinski definition) is 3. The first-order valence-electron chi connectivity index (χ1n) is 7.45. The summed E-state index contributed by atoms with van der Waals surface area (Å²) in [6.07, 6.45) is 1.75. The van der Waals surface area contributed by atoms with E-state index in [9.17, 15) is 8.42 Å². The van der Waals surface area contributed by atoms with E-state index in [0.29, 0.717) is 6.04 Å². The third-order valence-electron chi connectivity index (χ3n) is 4.53. The molecule has 0 spiro atoms. The highest BCUT2D eigenvalue weighted by Gasteiger charge is 2.40. The van der Waals surface area contributed by atoms with Gasteiger partial charge in [-0.15, -0.1) is 0 Å². The van der Waals surface area contributed by atoms with Gasteiger partial charge >= 0.3 is 0 Å². The molecule has 0 saturated heterocycles. The van der Waals surface area contributed by atoms with Crippen molar-refractivity contribution in [2.75, 3.05) is 6.54 Å². The molecule has 2 rings (SSSR count). The maximum Gasteiger partial charge on any atom is 0.157 e. The van der Waals surface area contributed by atoms with Crippen LogP contribution in [0.5, 0.6) is 0 Å². The second-order valence-corrected chi connectivity index (χ2v) is 8.09. The standard InChI is InChI=1S/C16H25NO2S/c1-4-17-15-9-10-16(13(15)3)20(18,19)11-14-8-6-5-7-12(14)2/h5-8,13,15-17H,4,9-11H2,1-3H3. The molecule has 3 unspecified atom stereocenters. The molecule has 1 N–H and O–H groups in total. The molecule has 0 radical (unpaired) electrons. The first kappa shape index (κ1) is 15.5. The van der Waals surface area contributed by atoms with Gasteiger partial charge in [-0.2, -0.15) is 0 Å². The zero-order valence-electron chi connectivity index (χ0n) is 12.6. The minimum Gasteiger partial charge on any atom is -0.314 e. The minimum atomic E-state index is -3.08. The van der Waals surface area contributed by atoms with E-state index < -0.39 is 9.84 Å². The monoisotopic (exact) mass is 295 g/mol. The summed E-state index contributed by atoms with van der Waals surface area (Å²) in [7, 11) is -3.08. The van der Waals surface area contributed by atoms with Crippen LogP contribution in [0.4, 0.5) is 0 Å². The Labute approximate surface area is 122 Å². The Hall–Kier alpha value is -0.870. The topological polar surface area (TPSA) is 46.2 Å². The fourth-order valence-corrected chi connectivity index (χ4v) is 5.59. The molecule has 0 bridgehead atoms. The van der Waals surface area contributed by atoms with Gasteiger partial charge in [-0.25, -0.2) is 8.42 Å². The number of benzene rings is 1. The number of rotatable bonds is 5. The molecule has 3 nitrogen and oxygen atoms in total. The van der Waals surface area contributed by atoms with Gasteiger partial charge in [0, 0.05) is 6.04 Å². The van der Waals surface area contributed by atoms with Crippen LogP contribution in [-0.4, -0.2) is 26.3 Å². The molecule has 0 heterocycles. The average Bonchev–Trinajstić information content (AvgIpc) is 2.75. The minimum absolute atomic E-state index is 0.174. The van der Waals surface area contributed by atoms with Crippen molar-refractivity contribution in [1.29, 1.82) is 0 Å². The van der Waals surface area contributed by atoms with Crippen LogP contribution < -0.4 is 5.32 Å². The summed E-state index contributed by atoms with van der Waals surface area (Å²) in [6, 6.07) is 8.11. The molecule has 0 amide bonds. The smallest absolute Gasteiger partial charge is 0.157 e. The van der Waals surface area contributed by atoms with Crippen LogP contribution in [0.2, 0.25) is 0 Å². The average molecular weight is 295 g/mol. The third kappa shape index (κ3) is 3.23. The normalized spacial score (nSPS) is 26.9. The van der Waals surface area contributed by atoms with Crippen molar-refractivity contribution in [2.24, 2.45) is 5.92 Å². The van der Waals surface area contributed by atoms with E-state index in [1.807, 2.05) is 31.2 Å². The molecule has 1 fully saturated rings. The van der Waals surface area contributed by atoms with Gasteiger partial charge in [0.15, 0.2) is 9.84 Å². The Bertz CT molecular complexity index is 553. The van der Waals surface area contributed by atoms with Gasteiger partial charge in [0.25, 0.3) is 0 Å². The molecule has 1 saturated carbocycles. The lowest BCUT2D eigenvalue weighted by molar-refractivity contribution is 0.433. The Morgan fingerprint density at radius 3 is 2.60 bits per heavy atom. The predicted octanol–water partition coefficient (Wildman–Crippen LogP) is 2.69. The van der Waals surface area contributed by atoms with Gasteiger partial charge in [-0.1, -0.05) is 38.1 Å². The lowest BCUT2D eigenvalue weighted by Gasteiger charge is -2.21. The van der Waals surface area contributed by atoms with Crippen LogP contribution in [0, 0.1) is 12.8 Å². The Morgan fingerprint density at radius 1 is 1.25 bits per heavy atom. The highest BCUT2D eigenvalue weighted by Crippen LogP contribution is 2.33. The van der Waals surface area contributed by atoms with E-state index in [4.69, 9.17) is 0 Å². The molecule has 20 heavy (non-hydrogen) atoms. The van der Waals surface area contributed by atoms with Gasteiger partial charge in [-0.3, -0.25) is 0 Å². The first-order valence-corrected chi connectivity index (χ1v) is 9.16. The zero-order chi connectivity index (χ0) is 14.8. The molecule has 1 aliphatic carbocycles. The van der Waals surface area contributed by atoms with Gasteiger partial charge in [0.2, 0.25) is 0 Å². The van der Waals surface area contributed by atoms with Crippen LogP contribution >= 0.6 is 0 Å². The van der Waals surface area contributed by atoms with Crippen LogP contribution in [0.1, 0.15) is 37.8 Å². The summed E-state index contributed by atoms with van der Waals surface area (Å²) in [5, 5.41) is 3.20. The largest absolute Gasteiger partial charge is 0.314 e. The van der Waals surface area contributed by atoms with Crippen LogP contribution in [0.3, 0.4) is 0 Å². The van der Waals surface area contributed by atoms with E-state index in [2.05, 4.69) is 19.2 Å². The molecule has 1 aromatic carbocycles. The van der Waals surface area contributed by atoms with Crippen molar-refractivity contribution in [1.82, 2.24) is 5.32 Å². The Balaban J connectivity index is 2.14. The van der Waals surface area contributed by atoms with E-state index in [1.54, 1.807) is 0 Å². The Morgan fingerprint density at radius 2 is 1.95 bits per heavy atom. The highest BCUT2D eigenvalue weighted by molar-refractivity contribution is 7.91. The second kappa shape index (κ2) is 6.27. The molecule has 3 atom stereocenters. The van der Waals surface area contributed by atoms with Crippen molar-refractivity contribution in [2.45, 2.75) is 50.7 Å². The molecule has 1 aromatic rings. The molecule has 112 valence electrons. The van der Waals surface area contributed by atoms with Gasteiger partial charge in [0.05, 0.1) is 11.0 Å². The van der Waals surface area contributed by atoms with Crippen molar-refractivity contribution >= 4 is 9.84 Å². The first-order chi connectivity index (χ1) is 9.45. The fourth-order valence-electron chi connectivity index (χ4n) is 3.28. The van der Waals surface area contributed by atoms with Crippen molar-refractivity contribution < 1.29 is 8.42 Å². The van der Waals surface area contributed by atoms with Crippen LogP contribution in [-0.2, 0) is 15.6 Å². The molecule has 0 aromatic heterocycles. The van der Waals surface area contributed by atoms with Crippen molar-refractivity contribution in [3.63, 3.8) is 0 Å². The van der Waals surface area contributed by atoms with E-state index in [1.165, 1.54) is 0 Å². The van der Waals surface area contributed by atoms with Crippen molar-refractivity contribution in [3.8, 4) is 0 Å². The molecule has 1 aliphatic rings. The molecule has 4 heteroatoms. The zero-order valence-corrected chi connectivity index (χ0v) is 13.4. The van der Waals surface area contributed by atoms with Gasteiger partial charge < -0.3 is 5.32 Å². The third-order valence-corrected chi connectivity index (χ3v) is 6.83. The Kier molecular flexibility index (Phi) is 4.86. The molecular formula is C16H25NO2S. The molecular weight excluding hydrogens is 270 g/mol. The number of aryl methyl sites for hydroxylation is 1. The number of sulfone groups is 1. The van der Waals surface area contributed by atoms with Gasteiger partial charge in [-0.05, 0) is 43.4 Å². The van der Waals surface area contributed by atoms with Crippen LogP contribution in [0.25, 0.3) is 0 Å². The van der Waals surface area contributed by atoms with Crippen LogP contribution in [0.15, 0.2) is 24.3 Å². The SMILES string of the molecule is CCNC1CCC(S(=O)(=O)Cc2ccccc2C)C1C. The number of hydrogen-bond donors (Lipinski definition) is 1. The van der Waals surface area contributed by atoms with E-state index >= 15 is 0 Å². The summed E-state index contributed by atoms with van der Waals surface area (Å²) >= 11 is 0. The van der Waals surface area contributed by atoms with E-state index in [-0.39, 0.29) is 16.9 Å². The second-order valence-electron chi connectivity index (χ2n) is 5.87. The maximum atomic E-state index is 12.7. The maximum absolute atomic E-state index is 12.7. The van der Waals surface area contributed by atoms with E-state index in [0.717, 1.165) is 30.5 Å². The molecule has 0 aliphatic heterocycles. The summed E-state index contributed by atoms with van der Waals surface area (Å²) < 4.78 is 25.4. The lowest BCUT2D eigenvalue weighted by Crippen LogP contribution is -2.36. The van der Waals surface area contributed by atoms with Gasteiger partial charge in [0.1, 0.15) is 0 Å². The lowest BCUT2D eigenvalue weighted by atomic mass is 10.1. The number of nitrogens with one attached hydrogen (secondary N) is 1. The summed E-state index contributed by atoms with van der Waals surface area (Å²) in [5.41, 5.74) is 2.00. The van der Waals surface area contributed by atoms with Crippen molar-refractivity contribution in [3.05, 3.63) is 35.4 Å².